The number of amides is 1. The second kappa shape index (κ2) is 7.44. The van der Waals surface area contributed by atoms with Gasteiger partial charge in [-0.2, -0.15) is 5.10 Å². The van der Waals surface area contributed by atoms with Gasteiger partial charge in [0, 0.05) is 6.92 Å². The van der Waals surface area contributed by atoms with E-state index in [1.165, 1.54) is 6.92 Å². The number of rotatable bonds is 6. The monoisotopic (exact) mass is 234 g/mol. The summed E-state index contributed by atoms with van der Waals surface area (Å²) < 4.78 is 5.53. The summed E-state index contributed by atoms with van der Waals surface area (Å²) in [7, 11) is 0. The molecule has 0 aliphatic rings. The van der Waals surface area contributed by atoms with Crippen LogP contribution in [0.4, 0.5) is 0 Å². The molecule has 0 unspecified atom stereocenters. The van der Waals surface area contributed by atoms with Crippen molar-refractivity contribution in [3.8, 4) is 5.75 Å². The Labute approximate surface area is 102 Å². The number of benzene rings is 1. The number of hydrogen-bond acceptors (Lipinski definition) is 3. The predicted octanol–water partition coefficient (Wildman–Crippen LogP) is 2.34. The van der Waals surface area contributed by atoms with E-state index in [1.54, 1.807) is 6.21 Å². The van der Waals surface area contributed by atoms with Gasteiger partial charge in [-0.05, 0) is 36.2 Å². The molecule has 1 aromatic rings. The molecule has 0 aliphatic carbocycles. The van der Waals surface area contributed by atoms with E-state index in [0.717, 1.165) is 30.8 Å². The Balaban J connectivity index is 2.44. The van der Waals surface area contributed by atoms with Gasteiger partial charge in [-0.25, -0.2) is 5.43 Å². The Morgan fingerprint density at radius 2 is 2.12 bits per heavy atom. The second-order valence-corrected chi connectivity index (χ2v) is 3.70. The fourth-order valence-electron chi connectivity index (χ4n) is 1.18. The van der Waals surface area contributed by atoms with Crippen LogP contribution in [-0.4, -0.2) is 18.7 Å². The maximum absolute atomic E-state index is 10.6. The number of carbonyl (C=O) groups excluding carboxylic acids is 1. The van der Waals surface area contributed by atoms with E-state index in [0.29, 0.717) is 0 Å². The van der Waals surface area contributed by atoms with Crippen molar-refractivity contribution in [1.29, 1.82) is 0 Å². The van der Waals surface area contributed by atoms with Crippen molar-refractivity contribution in [2.45, 2.75) is 26.7 Å². The van der Waals surface area contributed by atoms with Crippen LogP contribution in [-0.2, 0) is 4.79 Å². The minimum absolute atomic E-state index is 0.180. The molecule has 1 rings (SSSR count). The van der Waals surface area contributed by atoms with Crippen LogP contribution in [0.5, 0.6) is 5.75 Å². The Morgan fingerprint density at radius 1 is 1.41 bits per heavy atom. The lowest BCUT2D eigenvalue weighted by atomic mass is 10.2. The first-order chi connectivity index (χ1) is 8.22. The van der Waals surface area contributed by atoms with Crippen LogP contribution in [0.15, 0.2) is 29.4 Å². The van der Waals surface area contributed by atoms with Gasteiger partial charge in [-0.1, -0.05) is 13.3 Å². The molecule has 0 saturated carbocycles. The zero-order valence-electron chi connectivity index (χ0n) is 10.3. The lowest BCUT2D eigenvalue weighted by Crippen LogP contribution is -2.12. The smallest absolute Gasteiger partial charge is 0.236 e. The highest BCUT2D eigenvalue weighted by molar-refractivity contribution is 5.81. The predicted molar refractivity (Wildman–Crippen MR) is 68.3 cm³/mol. The normalized spacial score (nSPS) is 10.5. The topological polar surface area (TPSA) is 50.7 Å². The summed E-state index contributed by atoms with van der Waals surface area (Å²) in [5.41, 5.74) is 3.27. The van der Waals surface area contributed by atoms with Crippen molar-refractivity contribution in [2.75, 3.05) is 6.61 Å². The van der Waals surface area contributed by atoms with Crippen molar-refractivity contribution < 1.29 is 9.53 Å². The molecule has 0 spiro atoms. The fourth-order valence-corrected chi connectivity index (χ4v) is 1.18. The van der Waals surface area contributed by atoms with Gasteiger partial charge in [0.15, 0.2) is 0 Å². The first-order valence-corrected chi connectivity index (χ1v) is 5.75. The Bertz CT molecular complexity index is 372. The zero-order valence-corrected chi connectivity index (χ0v) is 10.3. The van der Waals surface area contributed by atoms with Crippen molar-refractivity contribution in [2.24, 2.45) is 5.10 Å². The molecule has 4 nitrogen and oxygen atoms in total. The molecule has 0 aromatic heterocycles. The molecule has 92 valence electrons. The van der Waals surface area contributed by atoms with Crippen molar-refractivity contribution in [1.82, 2.24) is 5.43 Å². The molecular formula is C13H18N2O2. The van der Waals surface area contributed by atoms with E-state index in [2.05, 4.69) is 17.5 Å². The van der Waals surface area contributed by atoms with Gasteiger partial charge in [0.25, 0.3) is 0 Å². The molecule has 4 heteroatoms. The van der Waals surface area contributed by atoms with Crippen LogP contribution in [0, 0.1) is 0 Å². The lowest BCUT2D eigenvalue weighted by molar-refractivity contribution is -0.118. The maximum Gasteiger partial charge on any atom is 0.236 e. The maximum atomic E-state index is 10.6. The number of hydrogen-bond donors (Lipinski definition) is 1. The average Bonchev–Trinajstić information content (AvgIpc) is 2.31. The number of nitrogens with one attached hydrogen (secondary N) is 1. The number of unbranched alkanes of at least 4 members (excludes halogenated alkanes) is 1. The summed E-state index contributed by atoms with van der Waals surface area (Å²) >= 11 is 0. The minimum atomic E-state index is -0.180. The van der Waals surface area contributed by atoms with E-state index in [4.69, 9.17) is 4.74 Å². The van der Waals surface area contributed by atoms with Crippen LogP contribution in [0.3, 0.4) is 0 Å². The Kier molecular flexibility index (Phi) is 5.79. The van der Waals surface area contributed by atoms with E-state index < -0.39 is 0 Å². The first-order valence-electron chi connectivity index (χ1n) is 5.75. The third-order valence-electron chi connectivity index (χ3n) is 2.08. The number of hydrazone groups is 1. The van der Waals surface area contributed by atoms with Gasteiger partial charge in [0.1, 0.15) is 5.75 Å². The van der Waals surface area contributed by atoms with E-state index >= 15 is 0 Å². The fraction of sp³-hybridized carbons (Fsp3) is 0.385. The second-order valence-electron chi connectivity index (χ2n) is 3.70. The molecule has 0 radical (unpaired) electrons. The SMILES string of the molecule is CCCCOc1ccc(C=NNC(C)=O)cc1. The van der Waals surface area contributed by atoms with Crippen LogP contribution < -0.4 is 10.2 Å². The highest BCUT2D eigenvalue weighted by Gasteiger charge is 1.93. The van der Waals surface area contributed by atoms with Gasteiger partial charge < -0.3 is 4.74 Å². The number of nitrogens with zero attached hydrogens (tertiary/aromatic N) is 1. The standard InChI is InChI=1S/C13H18N2O2/c1-3-4-9-17-13-7-5-12(6-8-13)10-14-15-11(2)16/h5-8,10H,3-4,9H2,1-2H3,(H,15,16). The van der Waals surface area contributed by atoms with Gasteiger partial charge in [-0.3, -0.25) is 4.79 Å². The summed E-state index contributed by atoms with van der Waals surface area (Å²) in [4.78, 5) is 10.6. The third-order valence-corrected chi connectivity index (χ3v) is 2.08. The van der Waals surface area contributed by atoms with Crippen molar-refractivity contribution >= 4 is 12.1 Å². The van der Waals surface area contributed by atoms with E-state index in [9.17, 15) is 4.79 Å². The van der Waals surface area contributed by atoms with Crippen LogP contribution >= 0.6 is 0 Å². The van der Waals surface area contributed by atoms with Crippen LogP contribution in [0.2, 0.25) is 0 Å². The Hall–Kier alpha value is -1.84. The molecule has 0 atom stereocenters. The summed E-state index contributed by atoms with van der Waals surface area (Å²) in [6.45, 7) is 4.29. The number of carbonyl (C=O) groups is 1. The summed E-state index contributed by atoms with van der Waals surface area (Å²) in [6, 6.07) is 7.58. The zero-order chi connectivity index (χ0) is 12.5. The molecule has 0 bridgehead atoms. The molecule has 0 saturated heterocycles. The molecule has 1 amide bonds. The molecule has 0 fully saturated rings. The first kappa shape index (κ1) is 13.2. The van der Waals surface area contributed by atoms with Crippen molar-refractivity contribution in [3.63, 3.8) is 0 Å². The quantitative estimate of drug-likeness (QED) is 0.466. The van der Waals surface area contributed by atoms with E-state index in [1.807, 2.05) is 24.3 Å². The highest BCUT2D eigenvalue weighted by atomic mass is 16.5. The Morgan fingerprint density at radius 3 is 2.71 bits per heavy atom. The molecular weight excluding hydrogens is 216 g/mol. The van der Waals surface area contributed by atoms with Crippen LogP contribution in [0.1, 0.15) is 32.3 Å². The molecule has 17 heavy (non-hydrogen) atoms. The van der Waals surface area contributed by atoms with Crippen LogP contribution in [0.25, 0.3) is 0 Å². The molecule has 0 heterocycles. The summed E-state index contributed by atoms with van der Waals surface area (Å²) in [5, 5.41) is 3.78. The van der Waals surface area contributed by atoms with E-state index in [-0.39, 0.29) is 5.91 Å². The molecule has 1 aromatic carbocycles. The molecule has 0 aliphatic heterocycles. The number of ether oxygens (including phenoxy) is 1. The van der Waals surface area contributed by atoms with Gasteiger partial charge >= 0.3 is 0 Å². The van der Waals surface area contributed by atoms with Gasteiger partial charge in [0.2, 0.25) is 5.91 Å². The largest absolute Gasteiger partial charge is 0.494 e. The average molecular weight is 234 g/mol. The lowest BCUT2D eigenvalue weighted by Gasteiger charge is -2.04. The minimum Gasteiger partial charge on any atom is -0.494 e. The third kappa shape index (κ3) is 5.70. The van der Waals surface area contributed by atoms with Crippen molar-refractivity contribution in [3.05, 3.63) is 29.8 Å². The summed E-state index contributed by atoms with van der Waals surface area (Å²) in [5.74, 6) is 0.677. The summed E-state index contributed by atoms with van der Waals surface area (Å²) in [6.07, 6.45) is 3.78. The highest BCUT2D eigenvalue weighted by Crippen LogP contribution is 2.11. The molecule has 1 N–H and O–H groups in total. The van der Waals surface area contributed by atoms with Gasteiger partial charge in [0.05, 0.1) is 12.8 Å². The van der Waals surface area contributed by atoms with Gasteiger partial charge in [-0.15, -0.1) is 0 Å².